The first kappa shape index (κ1) is 23.7. The van der Waals surface area contributed by atoms with Gasteiger partial charge in [-0.25, -0.2) is 4.68 Å². The van der Waals surface area contributed by atoms with E-state index in [1.165, 1.54) is 0 Å². The van der Waals surface area contributed by atoms with Gasteiger partial charge < -0.3 is 16.0 Å². The summed E-state index contributed by atoms with van der Waals surface area (Å²) in [5.41, 5.74) is 17.6. The zero-order valence-corrected chi connectivity index (χ0v) is 20.1. The number of carbonyl (C=O) groups is 2. The zero-order valence-electron chi connectivity index (χ0n) is 20.1. The number of nitrogens with zero attached hydrogens (tertiary/aromatic N) is 3. The topological polar surface area (TPSA) is 142 Å². The number of primary amides is 1. The molecule has 2 aromatic heterocycles. The van der Waals surface area contributed by atoms with E-state index in [1.54, 1.807) is 35.0 Å². The van der Waals surface area contributed by atoms with Crippen LogP contribution in [0.2, 0.25) is 0 Å². The normalized spacial score (nSPS) is 11.1. The molecule has 0 spiro atoms. The van der Waals surface area contributed by atoms with Crippen molar-refractivity contribution in [2.24, 2.45) is 5.73 Å². The largest absolute Gasteiger partial charge is 0.383 e. The molecule has 5 N–H and O–H groups in total. The van der Waals surface area contributed by atoms with Crippen molar-refractivity contribution in [3.63, 3.8) is 0 Å². The Morgan fingerprint density at radius 2 is 1.80 bits per heavy atom. The van der Waals surface area contributed by atoms with Crippen LogP contribution in [0.3, 0.4) is 0 Å². The third-order valence-corrected chi connectivity index (χ3v) is 5.71. The Morgan fingerprint density at radius 1 is 1.09 bits per heavy atom. The van der Waals surface area contributed by atoms with Crippen LogP contribution in [0.25, 0.3) is 22.5 Å². The number of nitrogens with two attached hydrogens (primary N) is 2. The molecular formula is C26H28N6O3. The van der Waals surface area contributed by atoms with Gasteiger partial charge in [-0.3, -0.25) is 14.9 Å². The first-order valence-corrected chi connectivity index (χ1v) is 11.2. The van der Waals surface area contributed by atoms with E-state index in [0.29, 0.717) is 17.0 Å². The van der Waals surface area contributed by atoms with Gasteiger partial charge in [-0.1, -0.05) is 53.2 Å². The van der Waals surface area contributed by atoms with E-state index < -0.39 is 5.91 Å². The molecule has 9 nitrogen and oxygen atoms in total. The molecule has 2 aromatic carbocycles. The van der Waals surface area contributed by atoms with E-state index in [2.05, 4.69) is 21.6 Å². The Labute approximate surface area is 203 Å². The lowest BCUT2D eigenvalue weighted by Crippen LogP contribution is -2.15. The average molecular weight is 473 g/mol. The van der Waals surface area contributed by atoms with Crippen molar-refractivity contribution < 1.29 is 14.1 Å². The Kier molecular flexibility index (Phi) is 6.42. The monoisotopic (exact) mass is 472 g/mol. The van der Waals surface area contributed by atoms with E-state index in [1.807, 2.05) is 39.8 Å². The zero-order chi connectivity index (χ0) is 25.3. The molecule has 0 atom stereocenters. The van der Waals surface area contributed by atoms with Crippen molar-refractivity contribution in [3.8, 4) is 22.5 Å². The summed E-state index contributed by atoms with van der Waals surface area (Å²) in [6.45, 7) is 7.87. The van der Waals surface area contributed by atoms with Gasteiger partial charge in [0, 0.05) is 23.2 Å². The molecule has 35 heavy (non-hydrogen) atoms. The number of anilines is 2. The van der Waals surface area contributed by atoms with Gasteiger partial charge in [-0.05, 0) is 38.8 Å². The van der Waals surface area contributed by atoms with Gasteiger partial charge in [0.2, 0.25) is 11.8 Å². The first-order valence-electron chi connectivity index (χ1n) is 11.2. The van der Waals surface area contributed by atoms with E-state index >= 15 is 0 Å². The summed E-state index contributed by atoms with van der Waals surface area (Å²) in [5, 5.41) is 11.3. The third-order valence-electron chi connectivity index (χ3n) is 5.71. The average Bonchev–Trinajstić information content (AvgIpc) is 3.38. The van der Waals surface area contributed by atoms with E-state index in [4.69, 9.17) is 16.0 Å². The van der Waals surface area contributed by atoms with Crippen LogP contribution in [0.5, 0.6) is 0 Å². The second kappa shape index (κ2) is 9.46. The summed E-state index contributed by atoms with van der Waals surface area (Å²) in [6, 6.07) is 14.9. The van der Waals surface area contributed by atoms with Crippen LogP contribution < -0.4 is 16.8 Å². The van der Waals surface area contributed by atoms with E-state index in [9.17, 15) is 9.59 Å². The van der Waals surface area contributed by atoms with Crippen LogP contribution in [0.4, 0.5) is 11.7 Å². The van der Waals surface area contributed by atoms with Crippen molar-refractivity contribution in [3.05, 3.63) is 70.8 Å². The summed E-state index contributed by atoms with van der Waals surface area (Å²) >= 11 is 0. The van der Waals surface area contributed by atoms with Gasteiger partial charge in [-0.2, -0.15) is 5.10 Å². The number of rotatable bonds is 7. The molecule has 2 amide bonds. The van der Waals surface area contributed by atoms with Crippen LogP contribution in [0.1, 0.15) is 46.9 Å². The van der Waals surface area contributed by atoms with Gasteiger partial charge in [0.1, 0.15) is 22.8 Å². The molecule has 0 radical (unpaired) electrons. The Hall–Kier alpha value is -4.40. The van der Waals surface area contributed by atoms with Crippen LogP contribution in [-0.4, -0.2) is 26.8 Å². The maximum atomic E-state index is 12.6. The standard InChI is InChI=1S/C26H28N6O3/c1-14(2)32-25(27)23(26(28)34)24(30-32)18-8-6-17(7-9-18)12-21(33)29-22-13-20(31-35-22)19-10-5-15(3)11-16(19)4/h5-11,13-14H,12,27H2,1-4H3,(H2,28,34)(H,29,33). The number of aromatic nitrogens is 3. The summed E-state index contributed by atoms with van der Waals surface area (Å²) in [5.74, 6) is -0.368. The fraction of sp³-hybridized carbons (Fsp3) is 0.231. The number of amides is 2. The number of benzene rings is 2. The molecule has 4 aromatic rings. The second-order valence-electron chi connectivity index (χ2n) is 8.83. The number of nitrogen functional groups attached to an aromatic ring is 1. The number of nitrogens with one attached hydrogen (secondary N) is 1. The Bertz CT molecular complexity index is 1400. The molecule has 2 heterocycles. The second-order valence-corrected chi connectivity index (χ2v) is 8.83. The lowest BCUT2D eigenvalue weighted by atomic mass is 10.0. The summed E-state index contributed by atoms with van der Waals surface area (Å²) < 4.78 is 6.88. The molecule has 4 rings (SSSR count). The smallest absolute Gasteiger partial charge is 0.254 e. The van der Waals surface area contributed by atoms with Crippen LogP contribution in [-0.2, 0) is 11.2 Å². The Balaban J connectivity index is 1.46. The third kappa shape index (κ3) is 4.93. The molecule has 0 fully saturated rings. The first-order chi connectivity index (χ1) is 16.6. The molecular weight excluding hydrogens is 444 g/mol. The van der Waals surface area contributed by atoms with Gasteiger partial charge in [0.25, 0.3) is 5.91 Å². The SMILES string of the molecule is Cc1ccc(-c2cc(NC(=O)Cc3ccc(-c4nn(C(C)C)c(N)c4C(N)=O)cc3)on2)c(C)c1. The number of aryl methyl sites for hydroxylation is 2. The molecule has 0 saturated heterocycles. The van der Waals surface area contributed by atoms with Gasteiger partial charge in [0.05, 0.1) is 6.42 Å². The minimum atomic E-state index is -0.639. The highest BCUT2D eigenvalue weighted by Gasteiger charge is 2.22. The molecule has 180 valence electrons. The highest BCUT2D eigenvalue weighted by Crippen LogP contribution is 2.29. The minimum Gasteiger partial charge on any atom is -0.383 e. The lowest BCUT2D eigenvalue weighted by Gasteiger charge is -2.07. The molecule has 0 bridgehead atoms. The maximum Gasteiger partial charge on any atom is 0.254 e. The fourth-order valence-corrected chi connectivity index (χ4v) is 4.00. The van der Waals surface area contributed by atoms with Gasteiger partial charge in [-0.15, -0.1) is 0 Å². The molecule has 0 saturated carbocycles. The number of hydrogen-bond acceptors (Lipinski definition) is 6. The maximum absolute atomic E-state index is 12.6. The number of carbonyl (C=O) groups excluding carboxylic acids is 2. The summed E-state index contributed by atoms with van der Waals surface area (Å²) in [6.07, 6.45) is 0.130. The van der Waals surface area contributed by atoms with Crippen molar-refractivity contribution in [2.45, 2.75) is 40.2 Å². The van der Waals surface area contributed by atoms with Crippen molar-refractivity contribution in [1.29, 1.82) is 0 Å². The van der Waals surface area contributed by atoms with Crippen LogP contribution in [0.15, 0.2) is 53.1 Å². The van der Waals surface area contributed by atoms with Crippen LogP contribution >= 0.6 is 0 Å². The predicted octanol–water partition coefficient (Wildman–Crippen LogP) is 4.27. The highest BCUT2D eigenvalue weighted by molar-refractivity contribution is 6.03. The lowest BCUT2D eigenvalue weighted by molar-refractivity contribution is -0.115. The quantitative estimate of drug-likeness (QED) is 0.367. The predicted molar refractivity (Wildman–Crippen MR) is 135 cm³/mol. The van der Waals surface area contributed by atoms with Crippen LogP contribution in [0, 0.1) is 13.8 Å². The van der Waals surface area contributed by atoms with Crippen molar-refractivity contribution in [1.82, 2.24) is 14.9 Å². The van der Waals surface area contributed by atoms with E-state index in [0.717, 1.165) is 22.3 Å². The van der Waals surface area contributed by atoms with Crippen molar-refractivity contribution >= 4 is 23.5 Å². The van der Waals surface area contributed by atoms with E-state index in [-0.39, 0.29) is 35.6 Å². The Morgan fingerprint density at radius 3 is 2.43 bits per heavy atom. The summed E-state index contributed by atoms with van der Waals surface area (Å²) in [4.78, 5) is 24.6. The highest BCUT2D eigenvalue weighted by atomic mass is 16.5. The van der Waals surface area contributed by atoms with Crippen molar-refractivity contribution in [2.75, 3.05) is 11.1 Å². The van der Waals surface area contributed by atoms with Gasteiger partial charge in [0.15, 0.2) is 0 Å². The summed E-state index contributed by atoms with van der Waals surface area (Å²) in [7, 11) is 0. The fourth-order valence-electron chi connectivity index (χ4n) is 4.00. The molecule has 0 unspecified atom stereocenters. The molecule has 9 heteroatoms. The molecule has 0 aliphatic rings. The molecule has 0 aliphatic carbocycles. The minimum absolute atomic E-state index is 0.0312. The molecule has 0 aliphatic heterocycles. The van der Waals surface area contributed by atoms with Gasteiger partial charge >= 0.3 is 0 Å². The number of hydrogen-bond donors (Lipinski definition) is 3.